The summed E-state index contributed by atoms with van der Waals surface area (Å²) >= 11 is 0. The fourth-order valence-electron chi connectivity index (χ4n) is 3.37. The molecule has 2 aromatic carbocycles. The van der Waals surface area contributed by atoms with Gasteiger partial charge in [0.2, 0.25) is 17.6 Å². The minimum absolute atomic E-state index is 0.0295. The van der Waals surface area contributed by atoms with Crippen LogP contribution in [0, 0.1) is 5.82 Å². The summed E-state index contributed by atoms with van der Waals surface area (Å²) in [7, 11) is 0. The van der Waals surface area contributed by atoms with Crippen molar-refractivity contribution in [1.29, 1.82) is 0 Å². The summed E-state index contributed by atoms with van der Waals surface area (Å²) in [5, 5.41) is 3.94. The van der Waals surface area contributed by atoms with Crippen LogP contribution in [-0.2, 0) is 11.3 Å². The Morgan fingerprint density at radius 1 is 1.25 bits per heavy atom. The van der Waals surface area contributed by atoms with E-state index in [4.69, 9.17) is 9.26 Å². The molecule has 2 heterocycles. The molecule has 6 nitrogen and oxygen atoms in total. The van der Waals surface area contributed by atoms with Crippen LogP contribution < -0.4 is 4.74 Å². The third kappa shape index (κ3) is 3.74. The lowest BCUT2D eigenvalue weighted by atomic mass is 10.1. The van der Waals surface area contributed by atoms with Gasteiger partial charge in [0, 0.05) is 30.6 Å². The lowest BCUT2D eigenvalue weighted by molar-refractivity contribution is -0.128. The summed E-state index contributed by atoms with van der Waals surface area (Å²) < 4.78 is 24.4. The summed E-state index contributed by atoms with van der Waals surface area (Å²) in [6.45, 7) is 3.46. The van der Waals surface area contributed by atoms with E-state index in [0.717, 1.165) is 11.3 Å². The molecule has 1 aliphatic rings. The number of nitrogens with zero attached hydrogens (tertiary/aromatic N) is 3. The Morgan fingerprint density at radius 2 is 2.11 bits per heavy atom. The Balaban J connectivity index is 1.48. The van der Waals surface area contributed by atoms with Gasteiger partial charge < -0.3 is 14.2 Å². The highest BCUT2D eigenvalue weighted by atomic mass is 19.1. The standard InChI is InChI=1S/C21H20FN3O3/c1-2-27-18-9-4-3-6-15(18)12-25-13-16(11-19(25)26)21-23-20(24-28-21)14-7-5-8-17(22)10-14/h3-10,16H,2,11-13H2,1H3. The number of amides is 1. The number of halogens is 1. The highest BCUT2D eigenvalue weighted by Crippen LogP contribution is 2.31. The van der Waals surface area contributed by atoms with Crippen molar-refractivity contribution in [2.75, 3.05) is 13.2 Å². The molecule has 0 spiro atoms. The van der Waals surface area contributed by atoms with Crippen molar-refractivity contribution in [2.24, 2.45) is 0 Å². The Bertz CT molecular complexity index is 988. The lowest BCUT2D eigenvalue weighted by Crippen LogP contribution is -2.24. The fourth-order valence-corrected chi connectivity index (χ4v) is 3.37. The van der Waals surface area contributed by atoms with E-state index < -0.39 is 0 Å². The molecule has 28 heavy (non-hydrogen) atoms. The van der Waals surface area contributed by atoms with Crippen molar-refractivity contribution in [3.8, 4) is 17.1 Å². The summed E-state index contributed by atoms with van der Waals surface area (Å²) in [6.07, 6.45) is 0.307. The smallest absolute Gasteiger partial charge is 0.232 e. The Labute approximate surface area is 161 Å². The van der Waals surface area contributed by atoms with E-state index in [1.807, 2.05) is 31.2 Å². The number of carbonyl (C=O) groups excluding carboxylic acids is 1. The average molecular weight is 381 g/mol. The topological polar surface area (TPSA) is 68.5 Å². The molecule has 7 heteroatoms. The molecule has 1 fully saturated rings. The summed E-state index contributed by atoms with van der Waals surface area (Å²) in [5.41, 5.74) is 1.51. The van der Waals surface area contributed by atoms with Crippen molar-refractivity contribution in [3.05, 3.63) is 65.8 Å². The summed E-state index contributed by atoms with van der Waals surface area (Å²) in [6, 6.07) is 13.7. The fraction of sp³-hybridized carbons (Fsp3) is 0.286. The van der Waals surface area contributed by atoms with Crippen molar-refractivity contribution in [2.45, 2.75) is 25.8 Å². The van der Waals surface area contributed by atoms with E-state index in [1.165, 1.54) is 12.1 Å². The zero-order valence-corrected chi connectivity index (χ0v) is 15.5. The van der Waals surface area contributed by atoms with Crippen LogP contribution >= 0.6 is 0 Å². The Morgan fingerprint density at radius 3 is 2.93 bits per heavy atom. The number of hydrogen-bond acceptors (Lipinski definition) is 5. The quantitative estimate of drug-likeness (QED) is 0.650. The van der Waals surface area contributed by atoms with Gasteiger partial charge in [-0.25, -0.2) is 4.39 Å². The zero-order valence-electron chi connectivity index (χ0n) is 15.5. The third-order valence-electron chi connectivity index (χ3n) is 4.72. The second-order valence-corrected chi connectivity index (χ2v) is 6.68. The first-order chi connectivity index (χ1) is 13.6. The molecule has 144 valence electrons. The Kier molecular flexibility index (Phi) is 5.06. The van der Waals surface area contributed by atoms with Gasteiger partial charge in [-0.15, -0.1) is 0 Å². The molecule has 0 bridgehead atoms. The molecule has 0 N–H and O–H groups in total. The minimum Gasteiger partial charge on any atom is -0.494 e. The third-order valence-corrected chi connectivity index (χ3v) is 4.72. The number of benzene rings is 2. The van der Waals surface area contributed by atoms with Crippen LogP contribution in [0.5, 0.6) is 5.75 Å². The maximum atomic E-state index is 13.4. The van der Waals surface area contributed by atoms with Crippen molar-refractivity contribution < 1.29 is 18.4 Å². The molecule has 0 saturated carbocycles. The second-order valence-electron chi connectivity index (χ2n) is 6.68. The van der Waals surface area contributed by atoms with Gasteiger partial charge in [-0.05, 0) is 25.1 Å². The SMILES string of the molecule is CCOc1ccccc1CN1CC(c2nc(-c3cccc(F)c3)no2)CC1=O. The number of para-hydroxylation sites is 1. The number of aromatic nitrogens is 2. The van der Waals surface area contributed by atoms with E-state index in [0.29, 0.717) is 43.4 Å². The average Bonchev–Trinajstić information content (AvgIpc) is 3.31. The largest absolute Gasteiger partial charge is 0.494 e. The van der Waals surface area contributed by atoms with Gasteiger partial charge in [0.25, 0.3) is 0 Å². The van der Waals surface area contributed by atoms with E-state index in [1.54, 1.807) is 17.0 Å². The number of hydrogen-bond donors (Lipinski definition) is 0. The number of rotatable bonds is 6. The molecule has 3 aromatic rings. The van der Waals surface area contributed by atoms with Crippen LogP contribution in [0.4, 0.5) is 4.39 Å². The molecule has 1 saturated heterocycles. The maximum absolute atomic E-state index is 13.4. The van der Waals surface area contributed by atoms with Gasteiger partial charge in [-0.3, -0.25) is 4.79 Å². The van der Waals surface area contributed by atoms with Gasteiger partial charge in [0.1, 0.15) is 11.6 Å². The van der Waals surface area contributed by atoms with Crippen LogP contribution in [0.3, 0.4) is 0 Å². The van der Waals surface area contributed by atoms with Gasteiger partial charge in [0.05, 0.1) is 12.5 Å². The predicted molar refractivity (Wildman–Crippen MR) is 100 cm³/mol. The number of likely N-dealkylation sites (tertiary alicyclic amines) is 1. The van der Waals surface area contributed by atoms with Crippen LogP contribution in [0.2, 0.25) is 0 Å². The molecule has 1 unspecified atom stereocenters. The first-order valence-corrected chi connectivity index (χ1v) is 9.22. The van der Waals surface area contributed by atoms with Crippen molar-refractivity contribution in [3.63, 3.8) is 0 Å². The highest BCUT2D eigenvalue weighted by molar-refractivity contribution is 5.79. The molecule has 1 atom stereocenters. The van der Waals surface area contributed by atoms with Gasteiger partial charge in [-0.1, -0.05) is 35.5 Å². The van der Waals surface area contributed by atoms with Crippen LogP contribution in [0.15, 0.2) is 53.1 Å². The first kappa shape index (κ1) is 18.2. The first-order valence-electron chi connectivity index (χ1n) is 9.22. The summed E-state index contributed by atoms with van der Waals surface area (Å²) in [4.78, 5) is 18.6. The molecular weight excluding hydrogens is 361 g/mol. The minimum atomic E-state index is -0.362. The van der Waals surface area contributed by atoms with E-state index in [-0.39, 0.29) is 17.6 Å². The summed E-state index contributed by atoms with van der Waals surface area (Å²) in [5.74, 6) is 0.991. The molecule has 0 radical (unpaired) electrons. The van der Waals surface area contributed by atoms with Gasteiger partial charge in [0.15, 0.2) is 0 Å². The Hall–Kier alpha value is -3.22. The van der Waals surface area contributed by atoms with Crippen LogP contribution in [-0.4, -0.2) is 34.1 Å². The number of ether oxygens (including phenoxy) is 1. The lowest BCUT2D eigenvalue weighted by Gasteiger charge is -2.18. The zero-order chi connectivity index (χ0) is 19.5. The van der Waals surface area contributed by atoms with E-state index in [2.05, 4.69) is 10.1 Å². The van der Waals surface area contributed by atoms with Crippen LogP contribution in [0.1, 0.15) is 30.7 Å². The predicted octanol–water partition coefficient (Wildman–Crippen LogP) is 3.79. The van der Waals surface area contributed by atoms with E-state index in [9.17, 15) is 9.18 Å². The van der Waals surface area contributed by atoms with Gasteiger partial charge in [-0.2, -0.15) is 4.98 Å². The second kappa shape index (κ2) is 7.80. The van der Waals surface area contributed by atoms with E-state index >= 15 is 0 Å². The van der Waals surface area contributed by atoms with Crippen molar-refractivity contribution >= 4 is 5.91 Å². The molecule has 1 aromatic heterocycles. The highest BCUT2D eigenvalue weighted by Gasteiger charge is 2.34. The molecule has 1 aliphatic heterocycles. The molecular formula is C21H20FN3O3. The maximum Gasteiger partial charge on any atom is 0.232 e. The number of carbonyl (C=O) groups is 1. The van der Waals surface area contributed by atoms with Crippen molar-refractivity contribution in [1.82, 2.24) is 15.0 Å². The van der Waals surface area contributed by atoms with Crippen LogP contribution in [0.25, 0.3) is 11.4 Å². The monoisotopic (exact) mass is 381 g/mol. The molecule has 1 amide bonds. The molecule has 0 aliphatic carbocycles. The van der Waals surface area contributed by atoms with Gasteiger partial charge >= 0.3 is 0 Å². The normalized spacial score (nSPS) is 16.6. The molecule has 4 rings (SSSR count).